The molecular weight excluding hydrogens is 386 g/mol. The van der Waals surface area contributed by atoms with Gasteiger partial charge >= 0.3 is 0 Å². The van der Waals surface area contributed by atoms with Crippen molar-refractivity contribution in [2.75, 3.05) is 61.5 Å². The average Bonchev–Trinajstić information content (AvgIpc) is 2.67. The van der Waals surface area contributed by atoms with E-state index in [4.69, 9.17) is 17.0 Å². The fraction of sp³-hybridized carbons (Fsp3) is 0.524. The van der Waals surface area contributed by atoms with E-state index in [0.717, 1.165) is 49.3 Å². The maximum Gasteiger partial charge on any atom is 0.253 e. The molecule has 0 spiro atoms. The molecule has 7 nitrogen and oxygen atoms in total. The monoisotopic (exact) mass is 421 g/mol. The molecule has 0 saturated heterocycles. The number of ether oxygens (including phenoxy) is 1. The third-order valence-corrected chi connectivity index (χ3v) is 5.19. The van der Waals surface area contributed by atoms with Gasteiger partial charge in [0.2, 0.25) is 0 Å². The van der Waals surface area contributed by atoms with Gasteiger partial charge in [0.15, 0.2) is 5.11 Å². The van der Waals surface area contributed by atoms with Crippen LogP contribution in [0.25, 0.3) is 10.9 Å². The van der Waals surface area contributed by atoms with Crippen LogP contribution < -0.4 is 25.4 Å². The van der Waals surface area contributed by atoms with E-state index < -0.39 is 0 Å². The average molecular weight is 422 g/mol. The van der Waals surface area contributed by atoms with Crippen molar-refractivity contribution in [2.45, 2.75) is 13.0 Å². The molecule has 0 aliphatic rings. The summed E-state index contributed by atoms with van der Waals surface area (Å²) in [5.41, 5.74) is 1.42. The normalized spacial score (nSPS) is 11.3. The van der Waals surface area contributed by atoms with Gasteiger partial charge in [0, 0.05) is 29.4 Å². The van der Waals surface area contributed by atoms with E-state index in [1.807, 2.05) is 24.3 Å². The van der Waals surface area contributed by atoms with Crippen molar-refractivity contribution in [3.63, 3.8) is 0 Å². The summed E-state index contributed by atoms with van der Waals surface area (Å²) in [7, 11) is 10.2. The SMILES string of the molecule is COc1ccc2[nH]c(=O)c(CN(CC[NH+](C)C)C(=S)NCCC[NH+](C)C)cc2c1. The number of aromatic nitrogens is 1. The van der Waals surface area contributed by atoms with Crippen LogP contribution in [0.5, 0.6) is 5.75 Å². The first-order chi connectivity index (χ1) is 13.8. The third kappa shape index (κ3) is 7.30. The van der Waals surface area contributed by atoms with Gasteiger partial charge in [-0.15, -0.1) is 0 Å². The Morgan fingerprint density at radius 1 is 1.17 bits per heavy atom. The Kier molecular flexibility index (Phi) is 8.88. The molecule has 0 bridgehead atoms. The Bertz CT molecular complexity index is 866. The van der Waals surface area contributed by atoms with Crippen LogP contribution in [0.1, 0.15) is 12.0 Å². The number of pyridine rings is 1. The predicted octanol–water partition coefficient (Wildman–Crippen LogP) is -1.11. The Morgan fingerprint density at radius 2 is 1.90 bits per heavy atom. The molecule has 1 aromatic carbocycles. The number of rotatable bonds is 10. The summed E-state index contributed by atoms with van der Waals surface area (Å²) in [5, 5.41) is 5.01. The minimum Gasteiger partial charge on any atom is -0.497 e. The summed E-state index contributed by atoms with van der Waals surface area (Å²) in [5.74, 6) is 0.767. The lowest BCUT2D eigenvalue weighted by Crippen LogP contribution is -3.06. The van der Waals surface area contributed by atoms with Crippen LogP contribution in [0.2, 0.25) is 0 Å². The fourth-order valence-electron chi connectivity index (χ4n) is 3.04. The van der Waals surface area contributed by atoms with Crippen LogP contribution in [0.15, 0.2) is 29.1 Å². The van der Waals surface area contributed by atoms with Crippen molar-refractivity contribution in [2.24, 2.45) is 0 Å². The van der Waals surface area contributed by atoms with Gasteiger partial charge in [-0.1, -0.05) is 0 Å². The van der Waals surface area contributed by atoms with E-state index >= 15 is 0 Å². The lowest BCUT2D eigenvalue weighted by molar-refractivity contribution is -0.858. The minimum atomic E-state index is -0.0797. The quantitative estimate of drug-likeness (QED) is 0.290. The lowest BCUT2D eigenvalue weighted by Gasteiger charge is -2.26. The summed E-state index contributed by atoms with van der Waals surface area (Å²) in [6.45, 7) is 4.11. The largest absolute Gasteiger partial charge is 0.497 e. The highest BCUT2D eigenvalue weighted by Gasteiger charge is 2.15. The predicted molar refractivity (Wildman–Crippen MR) is 122 cm³/mol. The molecule has 1 aromatic heterocycles. The van der Waals surface area contributed by atoms with Gasteiger partial charge in [-0.05, 0) is 36.5 Å². The van der Waals surface area contributed by atoms with Crippen LogP contribution in [0.3, 0.4) is 0 Å². The number of aromatic amines is 1. The number of methoxy groups -OCH3 is 1. The maximum atomic E-state index is 12.6. The molecule has 1 heterocycles. The number of hydrogen-bond donors (Lipinski definition) is 4. The Morgan fingerprint density at radius 3 is 2.55 bits per heavy atom. The van der Waals surface area contributed by atoms with Gasteiger partial charge in [-0.2, -0.15) is 0 Å². The number of benzene rings is 1. The topological polar surface area (TPSA) is 66.2 Å². The molecule has 29 heavy (non-hydrogen) atoms. The van der Waals surface area contributed by atoms with E-state index in [-0.39, 0.29) is 5.56 Å². The molecule has 2 rings (SSSR count). The molecule has 4 N–H and O–H groups in total. The van der Waals surface area contributed by atoms with Crippen molar-refractivity contribution >= 4 is 28.2 Å². The molecule has 8 heteroatoms. The number of quaternary nitrogens is 2. The van der Waals surface area contributed by atoms with Crippen LogP contribution in [0.4, 0.5) is 0 Å². The number of likely N-dealkylation sites (N-methyl/N-ethyl adjacent to an activating group) is 1. The molecule has 0 fully saturated rings. The molecule has 0 aliphatic carbocycles. The van der Waals surface area contributed by atoms with Crippen LogP contribution in [0, 0.1) is 0 Å². The number of hydrogen-bond acceptors (Lipinski definition) is 3. The first-order valence-electron chi connectivity index (χ1n) is 10.1. The van der Waals surface area contributed by atoms with Gasteiger partial charge in [0.05, 0.1) is 61.5 Å². The molecule has 2 aromatic rings. The third-order valence-electron chi connectivity index (χ3n) is 4.79. The summed E-state index contributed by atoms with van der Waals surface area (Å²) in [4.78, 5) is 20.5. The van der Waals surface area contributed by atoms with E-state index in [1.165, 1.54) is 9.80 Å². The number of H-pyrrole nitrogens is 1. The van der Waals surface area contributed by atoms with Crippen LogP contribution in [-0.2, 0) is 6.54 Å². The first-order valence-corrected chi connectivity index (χ1v) is 10.5. The van der Waals surface area contributed by atoms with E-state index in [0.29, 0.717) is 17.2 Å². The molecule has 0 radical (unpaired) electrons. The van der Waals surface area contributed by atoms with Gasteiger partial charge in [0.25, 0.3) is 5.56 Å². The fourth-order valence-corrected chi connectivity index (χ4v) is 3.30. The van der Waals surface area contributed by atoms with Gasteiger partial charge in [-0.25, -0.2) is 0 Å². The van der Waals surface area contributed by atoms with E-state index in [9.17, 15) is 4.79 Å². The molecule has 0 atom stereocenters. The summed E-state index contributed by atoms with van der Waals surface area (Å²) in [6.07, 6.45) is 1.05. The first kappa shape index (κ1) is 23.1. The van der Waals surface area contributed by atoms with E-state index in [1.54, 1.807) is 7.11 Å². The van der Waals surface area contributed by atoms with Gasteiger partial charge < -0.3 is 29.7 Å². The smallest absolute Gasteiger partial charge is 0.253 e. The van der Waals surface area contributed by atoms with Crippen molar-refractivity contribution in [1.29, 1.82) is 0 Å². The van der Waals surface area contributed by atoms with Crippen molar-refractivity contribution in [3.8, 4) is 5.75 Å². The van der Waals surface area contributed by atoms with Crippen molar-refractivity contribution in [1.82, 2.24) is 15.2 Å². The van der Waals surface area contributed by atoms with Gasteiger partial charge in [-0.3, -0.25) is 4.79 Å². The molecule has 160 valence electrons. The Hall–Kier alpha value is -2.16. The standard InChI is InChI=1S/C21H33N5O2S/c1-24(2)10-6-9-22-21(29)26(12-11-25(3)4)15-17-13-16-14-18(28-5)7-8-19(16)23-20(17)27/h7-8,13-14H,6,9-12,15H2,1-5H3,(H,22,29)(H,23,27)/p+2. The maximum absolute atomic E-state index is 12.6. The van der Waals surface area contributed by atoms with Gasteiger partial charge in [0.1, 0.15) is 5.75 Å². The molecule has 0 amide bonds. The highest BCUT2D eigenvalue weighted by atomic mass is 32.1. The number of thiocarbonyl (C=S) groups is 1. The molecule has 0 saturated carbocycles. The Labute approximate surface area is 178 Å². The zero-order valence-electron chi connectivity index (χ0n) is 18.2. The van der Waals surface area contributed by atoms with Crippen LogP contribution in [-0.4, -0.2) is 76.5 Å². The Balaban J connectivity index is 2.17. The summed E-state index contributed by atoms with van der Waals surface area (Å²) < 4.78 is 5.31. The number of fused-ring (bicyclic) bond motifs is 1. The molecule has 0 aliphatic heterocycles. The van der Waals surface area contributed by atoms with Crippen molar-refractivity contribution < 1.29 is 14.5 Å². The van der Waals surface area contributed by atoms with Crippen LogP contribution >= 0.6 is 12.2 Å². The van der Waals surface area contributed by atoms with Crippen molar-refractivity contribution in [3.05, 3.63) is 40.2 Å². The second kappa shape index (κ2) is 11.1. The highest BCUT2D eigenvalue weighted by molar-refractivity contribution is 7.80. The molecular formula is C21H35N5O2S+2. The second-order valence-corrected chi connectivity index (χ2v) is 8.38. The lowest BCUT2D eigenvalue weighted by atomic mass is 10.1. The zero-order valence-corrected chi connectivity index (χ0v) is 19.0. The number of nitrogens with one attached hydrogen (secondary N) is 4. The highest BCUT2D eigenvalue weighted by Crippen LogP contribution is 2.19. The second-order valence-electron chi connectivity index (χ2n) is 8.00. The zero-order chi connectivity index (χ0) is 21.4. The number of nitrogens with zero attached hydrogens (tertiary/aromatic N) is 1. The van der Waals surface area contributed by atoms with E-state index in [2.05, 4.69) is 43.4 Å². The summed E-state index contributed by atoms with van der Waals surface area (Å²) >= 11 is 5.65. The molecule has 0 unspecified atom stereocenters. The minimum absolute atomic E-state index is 0.0797. The summed E-state index contributed by atoms with van der Waals surface area (Å²) in [6, 6.07) is 7.58.